The van der Waals surface area contributed by atoms with Crippen LogP contribution in [0.25, 0.3) is 0 Å². The van der Waals surface area contributed by atoms with E-state index in [2.05, 4.69) is 4.98 Å². The number of thioether (sulfide) groups is 1. The minimum Gasteiger partial charge on any atom is -0.247 e. The summed E-state index contributed by atoms with van der Waals surface area (Å²) in [6.45, 7) is 0. The van der Waals surface area contributed by atoms with Gasteiger partial charge in [0.05, 0.1) is 11.2 Å². The summed E-state index contributed by atoms with van der Waals surface area (Å²) in [5.74, 6) is -0.257. The summed E-state index contributed by atoms with van der Waals surface area (Å²) in [5, 5.41) is 1.67. The van der Waals surface area contributed by atoms with E-state index in [0.29, 0.717) is 0 Å². The Labute approximate surface area is 75.4 Å². The third kappa shape index (κ3) is 1.78. The molecule has 1 fully saturated rings. The first-order valence-electron chi connectivity index (χ1n) is 4.13. The highest BCUT2D eigenvalue weighted by atomic mass is 32.2. The van der Waals surface area contributed by atoms with Gasteiger partial charge in [-0.2, -0.15) is 0 Å². The predicted molar refractivity (Wildman–Crippen MR) is 47.7 cm³/mol. The first kappa shape index (κ1) is 8.05. The lowest BCUT2D eigenvalue weighted by Crippen LogP contribution is -2.12. The number of aromatic nitrogens is 1. The van der Waals surface area contributed by atoms with Crippen molar-refractivity contribution in [1.29, 1.82) is 0 Å². The van der Waals surface area contributed by atoms with E-state index in [1.54, 1.807) is 17.8 Å². The van der Waals surface area contributed by atoms with E-state index >= 15 is 0 Å². The van der Waals surface area contributed by atoms with Gasteiger partial charge >= 0.3 is 0 Å². The average Bonchev–Trinajstić information content (AvgIpc) is 2.00. The molecule has 64 valence electrons. The molecule has 0 N–H and O–H groups in total. The van der Waals surface area contributed by atoms with Crippen LogP contribution in [0.3, 0.4) is 0 Å². The van der Waals surface area contributed by atoms with Crippen LogP contribution in [0.5, 0.6) is 0 Å². The normalized spacial score (nSPS) is 17.4. The summed E-state index contributed by atoms with van der Waals surface area (Å²) >= 11 is 1.76. The fourth-order valence-corrected chi connectivity index (χ4v) is 2.26. The van der Waals surface area contributed by atoms with E-state index < -0.39 is 0 Å². The molecule has 0 spiro atoms. The molecule has 1 aliphatic carbocycles. The molecule has 0 bridgehead atoms. The number of hydrogen-bond donors (Lipinski definition) is 0. The van der Waals surface area contributed by atoms with Gasteiger partial charge in [-0.1, -0.05) is 6.42 Å². The second kappa shape index (κ2) is 3.44. The van der Waals surface area contributed by atoms with Gasteiger partial charge in [0, 0.05) is 5.25 Å². The fraction of sp³-hybridized carbons (Fsp3) is 0.444. The van der Waals surface area contributed by atoms with Crippen LogP contribution in [-0.4, -0.2) is 10.2 Å². The summed E-state index contributed by atoms with van der Waals surface area (Å²) in [6, 6.07) is 3.21. The van der Waals surface area contributed by atoms with Gasteiger partial charge < -0.3 is 0 Å². The van der Waals surface area contributed by atoms with Gasteiger partial charge in [0.15, 0.2) is 0 Å². The Morgan fingerprint density at radius 2 is 2.25 bits per heavy atom. The zero-order valence-electron chi connectivity index (χ0n) is 6.66. The molecule has 1 aromatic heterocycles. The summed E-state index contributed by atoms with van der Waals surface area (Å²) in [7, 11) is 0. The van der Waals surface area contributed by atoms with E-state index in [0.717, 1.165) is 10.3 Å². The quantitative estimate of drug-likeness (QED) is 0.699. The molecule has 0 amide bonds. The summed E-state index contributed by atoms with van der Waals surface area (Å²) in [5.41, 5.74) is 0. The Morgan fingerprint density at radius 3 is 2.75 bits per heavy atom. The van der Waals surface area contributed by atoms with Crippen molar-refractivity contribution in [2.45, 2.75) is 29.5 Å². The maximum atomic E-state index is 12.4. The van der Waals surface area contributed by atoms with Crippen molar-refractivity contribution in [2.75, 3.05) is 0 Å². The van der Waals surface area contributed by atoms with E-state index in [4.69, 9.17) is 0 Å². The maximum absolute atomic E-state index is 12.4. The first-order valence-corrected chi connectivity index (χ1v) is 5.01. The van der Waals surface area contributed by atoms with Gasteiger partial charge in [-0.3, -0.25) is 0 Å². The van der Waals surface area contributed by atoms with E-state index in [9.17, 15) is 4.39 Å². The zero-order chi connectivity index (χ0) is 8.39. The summed E-state index contributed by atoms with van der Waals surface area (Å²) in [4.78, 5) is 3.99. The van der Waals surface area contributed by atoms with Gasteiger partial charge in [0.1, 0.15) is 5.82 Å². The molecule has 0 aliphatic heterocycles. The number of rotatable bonds is 2. The molecule has 1 aromatic rings. The van der Waals surface area contributed by atoms with Gasteiger partial charge in [0.2, 0.25) is 0 Å². The molecular weight excluding hydrogens is 173 g/mol. The average molecular weight is 183 g/mol. The number of halogens is 1. The van der Waals surface area contributed by atoms with Crippen LogP contribution in [0.4, 0.5) is 4.39 Å². The second-order valence-corrected chi connectivity index (χ2v) is 4.31. The minimum atomic E-state index is -0.257. The Bertz CT molecular complexity index is 256. The van der Waals surface area contributed by atoms with Crippen LogP contribution in [0.2, 0.25) is 0 Å². The first-order chi connectivity index (χ1) is 5.84. The van der Waals surface area contributed by atoms with E-state index in [1.807, 2.05) is 0 Å². The predicted octanol–water partition coefficient (Wildman–Crippen LogP) is 2.87. The second-order valence-electron chi connectivity index (χ2n) is 2.99. The van der Waals surface area contributed by atoms with Crippen LogP contribution in [0, 0.1) is 5.82 Å². The SMILES string of the molecule is Fc1ccc(SC2CCC2)nc1. The van der Waals surface area contributed by atoms with Gasteiger partial charge in [-0.25, -0.2) is 9.37 Å². The number of hydrogen-bond acceptors (Lipinski definition) is 2. The van der Waals surface area contributed by atoms with Gasteiger partial charge in [0.25, 0.3) is 0 Å². The largest absolute Gasteiger partial charge is 0.247 e. The monoisotopic (exact) mass is 183 g/mol. The maximum Gasteiger partial charge on any atom is 0.141 e. The number of nitrogens with zero attached hydrogens (tertiary/aromatic N) is 1. The van der Waals surface area contributed by atoms with Crippen molar-refractivity contribution in [3.05, 3.63) is 24.1 Å². The lowest BCUT2D eigenvalue weighted by Gasteiger charge is -2.23. The van der Waals surface area contributed by atoms with Crippen molar-refractivity contribution in [2.24, 2.45) is 0 Å². The Balaban J connectivity index is 1.98. The molecule has 0 saturated heterocycles. The standard InChI is InChI=1S/C9H10FNS/c10-7-4-5-9(11-6-7)12-8-2-1-3-8/h4-6,8H,1-3H2. The smallest absolute Gasteiger partial charge is 0.141 e. The Kier molecular flexibility index (Phi) is 2.30. The van der Waals surface area contributed by atoms with Crippen LogP contribution < -0.4 is 0 Å². The van der Waals surface area contributed by atoms with Gasteiger partial charge in [-0.15, -0.1) is 11.8 Å². The van der Waals surface area contributed by atoms with Crippen molar-refractivity contribution in [3.63, 3.8) is 0 Å². The number of pyridine rings is 1. The highest BCUT2D eigenvalue weighted by molar-refractivity contribution is 7.99. The highest BCUT2D eigenvalue weighted by Crippen LogP contribution is 2.35. The van der Waals surface area contributed by atoms with Gasteiger partial charge in [-0.05, 0) is 25.0 Å². The lowest BCUT2D eigenvalue weighted by atomic mass is 10.0. The third-order valence-corrected chi connectivity index (χ3v) is 3.33. The Morgan fingerprint density at radius 1 is 1.42 bits per heavy atom. The van der Waals surface area contributed by atoms with Crippen LogP contribution in [-0.2, 0) is 0 Å². The van der Waals surface area contributed by atoms with Crippen molar-refractivity contribution in [3.8, 4) is 0 Å². The van der Waals surface area contributed by atoms with Crippen LogP contribution in [0.15, 0.2) is 23.4 Å². The lowest BCUT2D eigenvalue weighted by molar-refractivity contribution is 0.521. The molecule has 1 nitrogen and oxygen atoms in total. The highest BCUT2D eigenvalue weighted by Gasteiger charge is 2.18. The topological polar surface area (TPSA) is 12.9 Å². The molecule has 12 heavy (non-hydrogen) atoms. The van der Waals surface area contributed by atoms with Crippen molar-refractivity contribution >= 4 is 11.8 Å². The molecule has 0 atom stereocenters. The molecule has 3 heteroatoms. The minimum absolute atomic E-state index is 0.257. The Hall–Kier alpha value is -0.570. The molecule has 0 radical (unpaired) electrons. The fourth-order valence-electron chi connectivity index (χ4n) is 1.09. The van der Waals surface area contributed by atoms with Crippen molar-refractivity contribution in [1.82, 2.24) is 4.98 Å². The molecule has 1 heterocycles. The molecule has 2 rings (SSSR count). The molecule has 1 aliphatic rings. The summed E-state index contributed by atoms with van der Waals surface area (Å²) < 4.78 is 12.4. The molecular formula is C9H10FNS. The molecule has 1 saturated carbocycles. The van der Waals surface area contributed by atoms with E-state index in [1.165, 1.54) is 31.5 Å². The third-order valence-electron chi connectivity index (χ3n) is 2.04. The van der Waals surface area contributed by atoms with Crippen LogP contribution in [0.1, 0.15) is 19.3 Å². The molecule has 0 aromatic carbocycles. The zero-order valence-corrected chi connectivity index (χ0v) is 7.48. The summed E-state index contributed by atoms with van der Waals surface area (Å²) in [6.07, 6.45) is 5.17. The van der Waals surface area contributed by atoms with Crippen LogP contribution >= 0.6 is 11.8 Å². The van der Waals surface area contributed by atoms with E-state index in [-0.39, 0.29) is 5.82 Å². The molecule has 0 unspecified atom stereocenters. The van der Waals surface area contributed by atoms with Crippen molar-refractivity contribution < 1.29 is 4.39 Å².